The molecule has 3 rings (SSSR count). The van der Waals surface area contributed by atoms with Gasteiger partial charge in [0.25, 0.3) is 0 Å². The Labute approximate surface area is 142 Å². The van der Waals surface area contributed by atoms with Gasteiger partial charge in [-0.1, -0.05) is 30.3 Å². The predicted octanol–water partition coefficient (Wildman–Crippen LogP) is 3.66. The van der Waals surface area contributed by atoms with Crippen molar-refractivity contribution >= 4 is 17.4 Å². The number of amides is 1. The zero-order valence-corrected chi connectivity index (χ0v) is 13.9. The van der Waals surface area contributed by atoms with Crippen LogP contribution in [-0.2, 0) is 4.79 Å². The smallest absolute Gasteiger partial charge is 0.238 e. The standard InChI is InChI=1S/C20H22N2O2/c1-15(23)16-9-11-18(12-10-16)21-20(24)14-22-13-5-8-19(22)17-6-3-2-4-7-17/h2-4,6-7,9-12,19H,5,8,13-14H2,1H3,(H,21,24)/t19-/m1/s1. The quantitative estimate of drug-likeness (QED) is 0.855. The molecule has 0 aliphatic carbocycles. The third kappa shape index (κ3) is 3.89. The molecule has 1 amide bonds. The van der Waals surface area contributed by atoms with E-state index in [-0.39, 0.29) is 11.7 Å². The average molecular weight is 322 g/mol. The largest absolute Gasteiger partial charge is 0.325 e. The number of benzene rings is 2. The summed E-state index contributed by atoms with van der Waals surface area (Å²) >= 11 is 0. The van der Waals surface area contributed by atoms with Crippen LogP contribution in [0, 0.1) is 0 Å². The Morgan fingerprint density at radius 3 is 2.46 bits per heavy atom. The van der Waals surface area contributed by atoms with Crippen LogP contribution >= 0.6 is 0 Å². The first-order chi connectivity index (χ1) is 11.6. The molecule has 1 aliphatic rings. The van der Waals surface area contributed by atoms with Crippen LogP contribution in [0.4, 0.5) is 5.69 Å². The highest BCUT2D eigenvalue weighted by atomic mass is 16.2. The molecule has 0 unspecified atom stereocenters. The SMILES string of the molecule is CC(=O)c1ccc(NC(=O)CN2CCC[C@@H]2c2ccccc2)cc1. The number of nitrogens with zero attached hydrogens (tertiary/aromatic N) is 1. The molecule has 1 heterocycles. The molecule has 1 atom stereocenters. The van der Waals surface area contributed by atoms with Crippen LogP contribution in [0.5, 0.6) is 0 Å². The van der Waals surface area contributed by atoms with Gasteiger partial charge in [0.2, 0.25) is 5.91 Å². The van der Waals surface area contributed by atoms with Crippen molar-refractivity contribution in [3.63, 3.8) is 0 Å². The molecule has 1 saturated heterocycles. The number of likely N-dealkylation sites (tertiary alicyclic amines) is 1. The Morgan fingerprint density at radius 2 is 1.79 bits per heavy atom. The Balaban J connectivity index is 1.61. The number of hydrogen-bond donors (Lipinski definition) is 1. The van der Waals surface area contributed by atoms with Crippen molar-refractivity contribution in [3.8, 4) is 0 Å². The van der Waals surface area contributed by atoms with Crippen LogP contribution in [0.1, 0.15) is 41.7 Å². The van der Waals surface area contributed by atoms with Gasteiger partial charge in [0, 0.05) is 17.3 Å². The van der Waals surface area contributed by atoms with Crippen molar-refractivity contribution < 1.29 is 9.59 Å². The second kappa shape index (κ2) is 7.41. The Bertz CT molecular complexity index is 710. The molecule has 0 spiro atoms. The molecule has 4 nitrogen and oxygen atoms in total. The van der Waals surface area contributed by atoms with Crippen LogP contribution in [-0.4, -0.2) is 29.7 Å². The number of Topliss-reactive ketones (excluding diaryl/α,β-unsaturated/α-hetero) is 1. The summed E-state index contributed by atoms with van der Waals surface area (Å²) in [7, 11) is 0. The molecule has 1 N–H and O–H groups in total. The topological polar surface area (TPSA) is 49.4 Å². The van der Waals surface area contributed by atoms with Crippen LogP contribution < -0.4 is 5.32 Å². The van der Waals surface area contributed by atoms with Gasteiger partial charge in [0.05, 0.1) is 6.54 Å². The first-order valence-electron chi connectivity index (χ1n) is 8.33. The third-order valence-corrected chi connectivity index (χ3v) is 4.47. The third-order valence-electron chi connectivity index (χ3n) is 4.47. The highest BCUT2D eigenvalue weighted by molar-refractivity contribution is 5.96. The van der Waals surface area contributed by atoms with E-state index in [0.717, 1.165) is 25.1 Å². The van der Waals surface area contributed by atoms with Crippen LogP contribution in [0.15, 0.2) is 54.6 Å². The van der Waals surface area contributed by atoms with E-state index in [9.17, 15) is 9.59 Å². The van der Waals surface area contributed by atoms with Crippen molar-refractivity contribution in [2.45, 2.75) is 25.8 Å². The normalized spacial score (nSPS) is 17.6. The molecule has 2 aromatic carbocycles. The van der Waals surface area contributed by atoms with Crippen molar-refractivity contribution in [2.75, 3.05) is 18.4 Å². The van der Waals surface area contributed by atoms with Gasteiger partial charge in [0.1, 0.15) is 0 Å². The average Bonchev–Trinajstić information content (AvgIpc) is 3.04. The Hall–Kier alpha value is -2.46. The summed E-state index contributed by atoms with van der Waals surface area (Å²) < 4.78 is 0. The van der Waals surface area contributed by atoms with Crippen LogP contribution in [0.3, 0.4) is 0 Å². The molecule has 4 heteroatoms. The molecule has 124 valence electrons. The van der Waals surface area contributed by atoms with E-state index in [2.05, 4.69) is 22.3 Å². The van der Waals surface area contributed by atoms with Gasteiger partial charge in [-0.15, -0.1) is 0 Å². The lowest BCUT2D eigenvalue weighted by Crippen LogP contribution is -2.32. The van der Waals surface area contributed by atoms with Gasteiger partial charge in [0.15, 0.2) is 5.78 Å². The minimum atomic E-state index is -0.0200. The van der Waals surface area contributed by atoms with Gasteiger partial charge >= 0.3 is 0 Å². The molecule has 1 aliphatic heterocycles. The summed E-state index contributed by atoms with van der Waals surface area (Å²) in [6, 6.07) is 17.7. The summed E-state index contributed by atoms with van der Waals surface area (Å²) in [6.45, 7) is 2.86. The zero-order chi connectivity index (χ0) is 16.9. The number of hydrogen-bond acceptors (Lipinski definition) is 3. The van der Waals surface area contributed by atoms with Crippen molar-refractivity contribution in [1.82, 2.24) is 4.90 Å². The molecular formula is C20H22N2O2. The van der Waals surface area contributed by atoms with Crippen molar-refractivity contribution in [3.05, 3.63) is 65.7 Å². The zero-order valence-electron chi connectivity index (χ0n) is 13.9. The van der Waals surface area contributed by atoms with Gasteiger partial charge in [-0.2, -0.15) is 0 Å². The number of carbonyl (C=O) groups excluding carboxylic acids is 2. The maximum Gasteiger partial charge on any atom is 0.238 e. The Morgan fingerprint density at radius 1 is 1.08 bits per heavy atom. The first-order valence-corrected chi connectivity index (χ1v) is 8.33. The van der Waals surface area contributed by atoms with E-state index in [0.29, 0.717) is 18.2 Å². The number of ketones is 1. The molecule has 2 aromatic rings. The molecular weight excluding hydrogens is 300 g/mol. The molecule has 0 bridgehead atoms. The highest BCUT2D eigenvalue weighted by Crippen LogP contribution is 2.31. The van der Waals surface area contributed by atoms with Crippen LogP contribution in [0.2, 0.25) is 0 Å². The van der Waals surface area contributed by atoms with Gasteiger partial charge in [-0.3, -0.25) is 14.5 Å². The van der Waals surface area contributed by atoms with E-state index in [1.807, 2.05) is 18.2 Å². The fraction of sp³-hybridized carbons (Fsp3) is 0.300. The number of anilines is 1. The second-order valence-electron chi connectivity index (χ2n) is 6.22. The lowest BCUT2D eigenvalue weighted by molar-refractivity contribution is -0.117. The van der Waals surface area contributed by atoms with Crippen molar-refractivity contribution in [2.24, 2.45) is 0 Å². The lowest BCUT2D eigenvalue weighted by atomic mass is 10.0. The summed E-state index contributed by atoms with van der Waals surface area (Å²) in [5, 5.41) is 2.92. The fourth-order valence-electron chi connectivity index (χ4n) is 3.24. The number of carbonyl (C=O) groups is 2. The summed E-state index contributed by atoms with van der Waals surface area (Å²) in [5.74, 6) is 0.00375. The Kier molecular flexibility index (Phi) is 5.06. The van der Waals surface area contributed by atoms with Crippen molar-refractivity contribution in [1.29, 1.82) is 0 Å². The molecule has 1 fully saturated rings. The lowest BCUT2D eigenvalue weighted by Gasteiger charge is -2.24. The molecule has 0 aromatic heterocycles. The van der Waals surface area contributed by atoms with E-state index in [1.54, 1.807) is 24.3 Å². The highest BCUT2D eigenvalue weighted by Gasteiger charge is 2.27. The minimum Gasteiger partial charge on any atom is -0.325 e. The second-order valence-corrected chi connectivity index (χ2v) is 6.22. The minimum absolute atomic E-state index is 0.0200. The predicted molar refractivity (Wildman–Crippen MR) is 95.1 cm³/mol. The summed E-state index contributed by atoms with van der Waals surface area (Å²) in [5.41, 5.74) is 2.64. The maximum atomic E-state index is 12.3. The maximum absolute atomic E-state index is 12.3. The van der Waals surface area contributed by atoms with Crippen LogP contribution in [0.25, 0.3) is 0 Å². The fourth-order valence-corrected chi connectivity index (χ4v) is 3.24. The number of rotatable bonds is 5. The van der Waals surface area contributed by atoms with Gasteiger partial charge < -0.3 is 5.32 Å². The monoisotopic (exact) mass is 322 g/mol. The molecule has 24 heavy (non-hydrogen) atoms. The van der Waals surface area contributed by atoms with E-state index in [4.69, 9.17) is 0 Å². The number of nitrogens with one attached hydrogen (secondary N) is 1. The summed E-state index contributed by atoms with van der Waals surface area (Å²) in [6.07, 6.45) is 2.20. The molecule has 0 radical (unpaired) electrons. The van der Waals surface area contributed by atoms with E-state index >= 15 is 0 Å². The first kappa shape index (κ1) is 16.4. The summed E-state index contributed by atoms with van der Waals surface area (Å²) in [4.78, 5) is 25.9. The van der Waals surface area contributed by atoms with E-state index < -0.39 is 0 Å². The van der Waals surface area contributed by atoms with Gasteiger partial charge in [-0.05, 0) is 56.1 Å². The van der Waals surface area contributed by atoms with E-state index in [1.165, 1.54) is 12.5 Å². The van der Waals surface area contributed by atoms with Gasteiger partial charge in [-0.25, -0.2) is 0 Å². The molecule has 0 saturated carbocycles.